The molecule has 1 spiro atoms. The van der Waals surface area contributed by atoms with Crippen molar-refractivity contribution in [2.75, 3.05) is 0 Å². The molecule has 0 atom stereocenters. The van der Waals surface area contributed by atoms with Crippen LogP contribution in [-0.2, 0) is 0 Å². The summed E-state index contributed by atoms with van der Waals surface area (Å²) in [6.07, 6.45) is 6.48. The first kappa shape index (κ1) is 10.9. The van der Waals surface area contributed by atoms with Crippen LogP contribution in [0.4, 0.5) is 0 Å². The van der Waals surface area contributed by atoms with Gasteiger partial charge in [0.25, 0.3) is 5.79 Å². The first-order valence-electron chi connectivity index (χ1n) is 7.94. The molecule has 0 saturated heterocycles. The van der Waals surface area contributed by atoms with E-state index in [-0.39, 0.29) is 0 Å². The fraction of sp³-hybridized carbons (Fsp3) is 0.625. The fourth-order valence-corrected chi connectivity index (χ4v) is 5.49. The normalized spacial score (nSPS) is 37.7. The summed E-state index contributed by atoms with van der Waals surface area (Å²) in [5, 5.41) is 7.80. The van der Waals surface area contributed by atoms with Gasteiger partial charge >= 0.3 is 0 Å². The summed E-state index contributed by atoms with van der Waals surface area (Å²) in [5.41, 5.74) is 1.47. The number of ether oxygens (including phenoxy) is 2. The van der Waals surface area contributed by atoms with E-state index in [1.807, 2.05) is 12.1 Å². The largest absolute Gasteiger partial charge is 0.448 e. The van der Waals surface area contributed by atoms with Gasteiger partial charge in [-0.1, -0.05) is 0 Å². The summed E-state index contributed by atoms with van der Waals surface area (Å²) < 4.78 is 17.6. The maximum atomic E-state index is 6.42. The molecule has 0 unspecified atom stereocenters. The second-order valence-electron chi connectivity index (χ2n) is 7.28. The Balaban J connectivity index is 1.47. The number of rotatable bonds is 0. The Labute approximate surface area is 121 Å². The molecular weight excluding hydrogens is 268 g/mol. The quantitative estimate of drug-likeness (QED) is 0.743. The molecule has 5 heteroatoms. The van der Waals surface area contributed by atoms with Crippen molar-refractivity contribution in [3.8, 4) is 11.5 Å². The van der Waals surface area contributed by atoms with Crippen molar-refractivity contribution in [1.29, 1.82) is 0 Å². The average molecular weight is 284 g/mol. The van der Waals surface area contributed by atoms with Crippen LogP contribution >= 0.6 is 0 Å². The predicted octanol–water partition coefficient (Wildman–Crippen LogP) is 3.15. The Morgan fingerprint density at radius 1 is 0.810 bits per heavy atom. The molecule has 2 heterocycles. The van der Waals surface area contributed by atoms with E-state index >= 15 is 0 Å². The number of nitrogens with zero attached hydrogens (tertiary/aromatic N) is 2. The van der Waals surface area contributed by atoms with Gasteiger partial charge in [0.2, 0.25) is 0 Å². The molecule has 0 radical (unpaired) electrons. The summed E-state index contributed by atoms with van der Waals surface area (Å²) in [6.45, 7) is 0. The van der Waals surface area contributed by atoms with E-state index in [2.05, 4.69) is 10.3 Å². The lowest BCUT2D eigenvalue weighted by Gasteiger charge is -2.57. The molecule has 4 bridgehead atoms. The summed E-state index contributed by atoms with van der Waals surface area (Å²) in [5.74, 6) is 4.10. The van der Waals surface area contributed by atoms with Crippen LogP contribution in [0.5, 0.6) is 11.5 Å². The van der Waals surface area contributed by atoms with Crippen LogP contribution in [0.1, 0.15) is 32.1 Å². The zero-order chi connectivity index (χ0) is 13.6. The van der Waals surface area contributed by atoms with Gasteiger partial charge in [-0.3, -0.25) is 0 Å². The molecule has 0 amide bonds. The molecule has 4 saturated carbocycles. The van der Waals surface area contributed by atoms with Gasteiger partial charge in [0, 0.05) is 24.0 Å². The maximum absolute atomic E-state index is 6.42. The Morgan fingerprint density at radius 2 is 1.33 bits per heavy atom. The lowest BCUT2D eigenvalue weighted by Crippen LogP contribution is -2.62. The maximum Gasteiger partial charge on any atom is 0.257 e. The smallest absolute Gasteiger partial charge is 0.257 e. The molecule has 5 nitrogen and oxygen atoms in total. The molecule has 1 aromatic heterocycles. The van der Waals surface area contributed by atoms with Gasteiger partial charge in [-0.2, -0.15) is 0 Å². The van der Waals surface area contributed by atoms with E-state index in [1.54, 1.807) is 0 Å². The molecule has 21 heavy (non-hydrogen) atoms. The van der Waals surface area contributed by atoms with Gasteiger partial charge in [0.15, 0.2) is 11.5 Å². The van der Waals surface area contributed by atoms with Crippen LogP contribution in [0, 0.1) is 23.7 Å². The van der Waals surface area contributed by atoms with E-state index in [9.17, 15) is 0 Å². The minimum absolute atomic E-state index is 0.411. The highest BCUT2D eigenvalue weighted by molar-refractivity contribution is 5.78. The minimum Gasteiger partial charge on any atom is -0.448 e. The van der Waals surface area contributed by atoms with Crippen LogP contribution in [-0.4, -0.2) is 16.1 Å². The number of hydrogen-bond donors (Lipinski definition) is 0. The molecule has 4 aliphatic carbocycles. The average Bonchev–Trinajstić information content (AvgIpc) is 3.05. The van der Waals surface area contributed by atoms with Gasteiger partial charge in [0.05, 0.1) is 0 Å². The lowest BCUT2D eigenvalue weighted by atomic mass is 9.53. The van der Waals surface area contributed by atoms with Gasteiger partial charge in [0.1, 0.15) is 11.0 Å². The van der Waals surface area contributed by atoms with Crippen LogP contribution in [0.25, 0.3) is 11.0 Å². The van der Waals surface area contributed by atoms with Crippen molar-refractivity contribution in [2.24, 2.45) is 23.7 Å². The molecule has 1 aliphatic heterocycles. The minimum atomic E-state index is -0.411. The monoisotopic (exact) mass is 284 g/mol. The zero-order valence-corrected chi connectivity index (χ0v) is 11.6. The van der Waals surface area contributed by atoms with E-state index in [1.165, 1.54) is 32.1 Å². The number of benzene rings is 1. The summed E-state index contributed by atoms with van der Waals surface area (Å²) in [6, 6.07) is 3.81. The van der Waals surface area contributed by atoms with Gasteiger partial charge in [-0.05, 0) is 54.3 Å². The Kier molecular flexibility index (Phi) is 1.73. The number of aromatic nitrogens is 2. The molecule has 5 aliphatic rings. The SMILES string of the molecule is c1c2c(cc3nonc13)OC1(O2)C2CC3CC(C2)CC1C3. The second kappa shape index (κ2) is 3.34. The molecule has 1 aromatic carbocycles. The number of hydrogen-bond acceptors (Lipinski definition) is 5. The molecule has 2 aromatic rings. The molecule has 4 fully saturated rings. The number of fused-ring (bicyclic) bond motifs is 2. The van der Waals surface area contributed by atoms with Crippen LogP contribution in [0.3, 0.4) is 0 Å². The highest BCUT2D eigenvalue weighted by Gasteiger charge is 2.63. The van der Waals surface area contributed by atoms with Crippen LogP contribution in [0.2, 0.25) is 0 Å². The predicted molar refractivity (Wildman–Crippen MR) is 72.8 cm³/mol. The third kappa shape index (κ3) is 1.24. The van der Waals surface area contributed by atoms with Crippen molar-refractivity contribution in [1.82, 2.24) is 10.3 Å². The Hall–Kier alpha value is -1.78. The highest BCUT2D eigenvalue weighted by Crippen LogP contribution is 2.62. The Bertz CT molecular complexity index is 683. The van der Waals surface area contributed by atoms with Gasteiger partial charge < -0.3 is 9.47 Å². The van der Waals surface area contributed by atoms with Crippen LogP contribution in [0.15, 0.2) is 16.8 Å². The van der Waals surface area contributed by atoms with E-state index < -0.39 is 5.79 Å². The lowest BCUT2D eigenvalue weighted by molar-refractivity contribution is -0.241. The van der Waals surface area contributed by atoms with E-state index in [0.717, 1.165) is 34.4 Å². The van der Waals surface area contributed by atoms with Crippen molar-refractivity contribution in [2.45, 2.75) is 37.9 Å². The summed E-state index contributed by atoms with van der Waals surface area (Å²) >= 11 is 0. The van der Waals surface area contributed by atoms with Crippen molar-refractivity contribution in [3.05, 3.63) is 12.1 Å². The second-order valence-corrected chi connectivity index (χ2v) is 7.28. The summed E-state index contributed by atoms with van der Waals surface area (Å²) in [7, 11) is 0. The van der Waals surface area contributed by atoms with Crippen molar-refractivity contribution in [3.63, 3.8) is 0 Å². The zero-order valence-electron chi connectivity index (χ0n) is 11.6. The van der Waals surface area contributed by atoms with E-state index in [0.29, 0.717) is 11.8 Å². The third-order valence-electron chi connectivity index (χ3n) is 6.13. The van der Waals surface area contributed by atoms with Crippen molar-refractivity contribution < 1.29 is 14.1 Å². The molecule has 0 N–H and O–H groups in total. The van der Waals surface area contributed by atoms with Crippen molar-refractivity contribution >= 4 is 11.0 Å². The summed E-state index contributed by atoms with van der Waals surface area (Å²) in [4.78, 5) is 0. The van der Waals surface area contributed by atoms with E-state index in [4.69, 9.17) is 14.1 Å². The molecule has 7 rings (SSSR count). The highest BCUT2D eigenvalue weighted by atomic mass is 16.7. The topological polar surface area (TPSA) is 57.4 Å². The third-order valence-corrected chi connectivity index (χ3v) is 6.13. The first-order chi connectivity index (χ1) is 10.3. The van der Waals surface area contributed by atoms with Gasteiger partial charge in [-0.25, -0.2) is 4.63 Å². The first-order valence-corrected chi connectivity index (χ1v) is 7.94. The Morgan fingerprint density at radius 3 is 1.86 bits per heavy atom. The standard InChI is InChI=1S/C16H16N2O3/c1-8-2-10-4-9(1)5-11(3-8)16(10)19-14-6-12-13(18-21-17-12)7-15(14)20-16/h6-11H,1-5H2. The molecule has 108 valence electrons. The van der Waals surface area contributed by atoms with Crippen LogP contribution < -0.4 is 9.47 Å². The van der Waals surface area contributed by atoms with Gasteiger partial charge in [-0.15, -0.1) is 0 Å². The fourth-order valence-electron chi connectivity index (χ4n) is 5.49. The molecular formula is C16H16N2O3.